The summed E-state index contributed by atoms with van der Waals surface area (Å²) in [5, 5.41) is 7.01. The van der Waals surface area contributed by atoms with E-state index in [0.717, 1.165) is 21.5 Å². The molecule has 0 aliphatic rings. The molecule has 0 radical (unpaired) electrons. The van der Waals surface area contributed by atoms with Gasteiger partial charge in [0.15, 0.2) is 0 Å². The molecule has 108 valence electrons. The third kappa shape index (κ3) is 2.90. The van der Waals surface area contributed by atoms with Gasteiger partial charge >= 0.3 is 0 Å². The highest BCUT2D eigenvalue weighted by Gasteiger charge is 2.11. The monoisotopic (exact) mass is 339 g/mol. The fourth-order valence-electron chi connectivity index (χ4n) is 2.04. The van der Waals surface area contributed by atoms with Crippen LogP contribution in [0.15, 0.2) is 29.6 Å². The smallest absolute Gasteiger partial charge is 0.225 e. The standard InChI is InChI=1S/C14H11Cl2N3OS/c1-20-11-4-2-3-10(15)9(11)7-17-12-8-5-6-21-13(8)19-14(16)18-12/h2-6H,7H2,1H3,(H,17,18,19). The van der Waals surface area contributed by atoms with E-state index in [1.165, 1.54) is 11.3 Å². The molecule has 0 fully saturated rings. The van der Waals surface area contributed by atoms with Gasteiger partial charge in [-0.05, 0) is 35.2 Å². The minimum Gasteiger partial charge on any atom is -0.496 e. The van der Waals surface area contributed by atoms with E-state index < -0.39 is 0 Å². The lowest BCUT2D eigenvalue weighted by Crippen LogP contribution is -2.04. The van der Waals surface area contributed by atoms with E-state index in [4.69, 9.17) is 27.9 Å². The number of methoxy groups -OCH3 is 1. The molecule has 0 amide bonds. The van der Waals surface area contributed by atoms with Crippen molar-refractivity contribution in [3.8, 4) is 5.75 Å². The van der Waals surface area contributed by atoms with E-state index in [0.29, 0.717) is 17.4 Å². The number of rotatable bonds is 4. The van der Waals surface area contributed by atoms with Gasteiger partial charge in [-0.2, -0.15) is 0 Å². The zero-order valence-corrected chi connectivity index (χ0v) is 13.4. The Bertz CT molecular complexity index is 791. The number of ether oxygens (including phenoxy) is 1. The van der Waals surface area contributed by atoms with Crippen LogP contribution < -0.4 is 10.1 Å². The molecule has 3 aromatic rings. The van der Waals surface area contributed by atoms with Crippen molar-refractivity contribution < 1.29 is 4.74 Å². The van der Waals surface area contributed by atoms with E-state index in [9.17, 15) is 0 Å². The van der Waals surface area contributed by atoms with Crippen molar-refractivity contribution in [1.29, 1.82) is 0 Å². The van der Waals surface area contributed by atoms with Gasteiger partial charge in [0, 0.05) is 17.1 Å². The molecule has 0 saturated heterocycles. The van der Waals surface area contributed by atoms with Crippen molar-refractivity contribution in [2.24, 2.45) is 0 Å². The summed E-state index contributed by atoms with van der Waals surface area (Å²) in [6, 6.07) is 7.51. The number of halogens is 2. The molecular formula is C14H11Cl2N3OS. The van der Waals surface area contributed by atoms with Crippen LogP contribution in [0.3, 0.4) is 0 Å². The Kier molecular flexibility index (Phi) is 4.14. The Labute approximate surface area is 135 Å². The maximum Gasteiger partial charge on any atom is 0.225 e. The second-order valence-corrected chi connectivity index (χ2v) is 5.89. The van der Waals surface area contributed by atoms with Crippen molar-refractivity contribution in [1.82, 2.24) is 9.97 Å². The van der Waals surface area contributed by atoms with Gasteiger partial charge in [0.05, 0.1) is 12.5 Å². The average molecular weight is 340 g/mol. The molecule has 2 aromatic heterocycles. The molecule has 0 aliphatic carbocycles. The van der Waals surface area contributed by atoms with Crippen molar-refractivity contribution >= 4 is 50.6 Å². The van der Waals surface area contributed by atoms with E-state index in [2.05, 4.69) is 15.3 Å². The number of nitrogens with one attached hydrogen (secondary N) is 1. The number of benzene rings is 1. The molecule has 0 unspecified atom stereocenters. The maximum absolute atomic E-state index is 6.23. The zero-order valence-electron chi connectivity index (χ0n) is 11.1. The summed E-state index contributed by atoms with van der Waals surface area (Å²) in [6.45, 7) is 0.487. The number of fused-ring (bicyclic) bond motifs is 1. The van der Waals surface area contributed by atoms with Gasteiger partial charge in [0.2, 0.25) is 5.28 Å². The third-order valence-electron chi connectivity index (χ3n) is 3.03. The summed E-state index contributed by atoms with van der Waals surface area (Å²) >= 11 is 13.7. The van der Waals surface area contributed by atoms with Gasteiger partial charge in [-0.15, -0.1) is 11.3 Å². The first kappa shape index (κ1) is 14.4. The zero-order chi connectivity index (χ0) is 14.8. The highest BCUT2D eigenvalue weighted by Crippen LogP contribution is 2.30. The Morgan fingerprint density at radius 2 is 2.10 bits per heavy atom. The summed E-state index contributed by atoms with van der Waals surface area (Å²) in [5.41, 5.74) is 0.875. The average Bonchev–Trinajstić information content (AvgIpc) is 2.93. The molecule has 4 nitrogen and oxygen atoms in total. The van der Waals surface area contributed by atoms with Gasteiger partial charge in [-0.3, -0.25) is 0 Å². The first-order valence-electron chi connectivity index (χ1n) is 6.15. The summed E-state index contributed by atoms with van der Waals surface area (Å²) in [7, 11) is 1.62. The highest BCUT2D eigenvalue weighted by molar-refractivity contribution is 7.16. The number of thiophene rings is 1. The molecule has 1 aromatic carbocycles. The maximum atomic E-state index is 6.23. The quantitative estimate of drug-likeness (QED) is 0.704. The molecule has 7 heteroatoms. The number of hydrogen-bond acceptors (Lipinski definition) is 5. The summed E-state index contributed by atoms with van der Waals surface area (Å²) in [5.74, 6) is 1.42. The van der Waals surface area contributed by atoms with Crippen LogP contribution >= 0.6 is 34.5 Å². The SMILES string of the molecule is COc1cccc(Cl)c1CNc1nc(Cl)nc2sccc12. The molecule has 0 atom stereocenters. The fourth-order valence-corrected chi connectivity index (χ4v) is 3.25. The second kappa shape index (κ2) is 6.05. The van der Waals surface area contributed by atoms with Gasteiger partial charge in [0.25, 0.3) is 0 Å². The van der Waals surface area contributed by atoms with Gasteiger partial charge in [-0.1, -0.05) is 17.7 Å². The van der Waals surface area contributed by atoms with Gasteiger partial charge in [-0.25, -0.2) is 9.97 Å². The Morgan fingerprint density at radius 3 is 2.90 bits per heavy atom. The van der Waals surface area contributed by atoms with Crippen LogP contribution in [0.4, 0.5) is 5.82 Å². The first-order chi connectivity index (χ1) is 10.2. The van der Waals surface area contributed by atoms with E-state index in [1.54, 1.807) is 7.11 Å². The number of aromatic nitrogens is 2. The van der Waals surface area contributed by atoms with Crippen LogP contribution in [0.5, 0.6) is 5.75 Å². The lowest BCUT2D eigenvalue weighted by atomic mass is 10.2. The third-order valence-corrected chi connectivity index (χ3v) is 4.36. The van der Waals surface area contributed by atoms with Crippen LogP contribution in [0, 0.1) is 0 Å². The van der Waals surface area contributed by atoms with Crippen molar-refractivity contribution in [3.05, 3.63) is 45.5 Å². The molecule has 0 bridgehead atoms. The van der Waals surface area contributed by atoms with Crippen molar-refractivity contribution in [2.45, 2.75) is 6.54 Å². The summed E-state index contributed by atoms with van der Waals surface area (Å²) in [6.07, 6.45) is 0. The second-order valence-electron chi connectivity index (χ2n) is 4.25. The highest BCUT2D eigenvalue weighted by atomic mass is 35.5. The molecule has 0 saturated carbocycles. The molecule has 0 aliphatic heterocycles. The Balaban J connectivity index is 1.92. The van der Waals surface area contributed by atoms with Crippen LogP contribution in [0.25, 0.3) is 10.2 Å². The van der Waals surface area contributed by atoms with Gasteiger partial charge in [0.1, 0.15) is 16.4 Å². The molecule has 21 heavy (non-hydrogen) atoms. The minimum atomic E-state index is 0.221. The van der Waals surface area contributed by atoms with E-state index >= 15 is 0 Å². The lowest BCUT2D eigenvalue weighted by molar-refractivity contribution is 0.410. The first-order valence-corrected chi connectivity index (χ1v) is 7.78. The minimum absolute atomic E-state index is 0.221. The predicted molar refractivity (Wildman–Crippen MR) is 87.8 cm³/mol. The molecule has 2 heterocycles. The molecule has 1 N–H and O–H groups in total. The number of anilines is 1. The normalized spacial score (nSPS) is 10.8. The Hall–Kier alpha value is -1.56. The van der Waals surface area contributed by atoms with Crippen molar-refractivity contribution in [3.63, 3.8) is 0 Å². The van der Waals surface area contributed by atoms with E-state index in [-0.39, 0.29) is 5.28 Å². The summed E-state index contributed by atoms with van der Waals surface area (Å²) in [4.78, 5) is 9.28. The molecule has 0 spiro atoms. The largest absolute Gasteiger partial charge is 0.496 e. The fraction of sp³-hybridized carbons (Fsp3) is 0.143. The van der Waals surface area contributed by atoms with Gasteiger partial charge < -0.3 is 10.1 Å². The number of nitrogens with zero attached hydrogens (tertiary/aromatic N) is 2. The molecule has 3 rings (SSSR count). The lowest BCUT2D eigenvalue weighted by Gasteiger charge is -2.12. The number of hydrogen-bond donors (Lipinski definition) is 1. The van der Waals surface area contributed by atoms with E-state index in [1.807, 2.05) is 29.6 Å². The Morgan fingerprint density at radius 1 is 1.24 bits per heavy atom. The topological polar surface area (TPSA) is 47.0 Å². The van der Waals surface area contributed by atoms with Crippen LogP contribution in [-0.4, -0.2) is 17.1 Å². The summed E-state index contributed by atoms with van der Waals surface area (Å²) < 4.78 is 5.33. The van der Waals surface area contributed by atoms with Crippen LogP contribution in [0.2, 0.25) is 10.3 Å². The van der Waals surface area contributed by atoms with Crippen LogP contribution in [-0.2, 0) is 6.54 Å². The van der Waals surface area contributed by atoms with Crippen molar-refractivity contribution in [2.75, 3.05) is 12.4 Å². The predicted octanol–water partition coefficient (Wildman–Crippen LogP) is 4.62. The molecular weight excluding hydrogens is 329 g/mol. The van der Waals surface area contributed by atoms with Crippen LogP contribution in [0.1, 0.15) is 5.56 Å².